The summed E-state index contributed by atoms with van der Waals surface area (Å²) in [6.07, 6.45) is 7.69. The van der Waals surface area contributed by atoms with E-state index < -0.39 is 18.4 Å². The minimum absolute atomic E-state index is 0.0789. The lowest BCUT2D eigenvalue weighted by molar-refractivity contribution is -0.155. The second-order valence-electron chi connectivity index (χ2n) is 9.09. The number of hydrogen-bond donors (Lipinski definition) is 2. The second kappa shape index (κ2) is 8.84. The molecule has 0 heterocycles. The van der Waals surface area contributed by atoms with Crippen molar-refractivity contribution in [3.63, 3.8) is 0 Å². The summed E-state index contributed by atoms with van der Waals surface area (Å²) in [4.78, 5) is 36.0. The van der Waals surface area contributed by atoms with Crippen LogP contribution in [-0.4, -0.2) is 31.0 Å². The van der Waals surface area contributed by atoms with Crippen LogP contribution in [0, 0.1) is 23.2 Å². The molecule has 0 saturated heterocycles. The minimum Gasteiger partial charge on any atom is -0.484 e. The van der Waals surface area contributed by atoms with Crippen LogP contribution < -0.4 is 15.6 Å². The van der Waals surface area contributed by atoms with Crippen molar-refractivity contribution in [2.75, 3.05) is 13.2 Å². The maximum Gasteiger partial charge on any atom is 0.306 e. The molecule has 7 nitrogen and oxygen atoms in total. The van der Waals surface area contributed by atoms with E-state index in [2.05, 4.69) is 10.9 Å². The third kappa shape index (κ3) is 5.25. The molecule has 4 bridgehead atoms. The van der Waals surface area contributed by atoms with Crippen molar-refractivity contribution in [2.24, 2.45) is 23.2 Å². The van der Waals surface area contributed by atoms with Gasteiger partial charge in [-0.05, 0) is 86.0 Å². The molecule has 2 amide bonds. The summed E-state index contributed by atoms with van der Waals surface area (Å²) in [6.45, 7) is -0.683. The summed E-state index contributed by atoms with van der Waals surface area (Å²) in [6, 6.07) is 6.57. The highest BCUT2D eigenvalue weighted by molar-refractivity contribution is 6.30. The lowest BCUT2D eigenvalue weighted by Gasteiger charge is -2.56. The number of esters is 1. The summed E-state index contributed by atoms with van der Waals surface area (Å²) >= 11 is 5.78. The van der Waals surface area contributed by atoms with E-state index in [0.29, 0.717) is 17.2 Å². The Bertz CT molecular complexity index is 775. The van der Waals surface area contributed by atoms with Gasteiger partial charge in [0.2, 0.25) is 0 Å². The third-order valence-electron chi connectivity index (χ3n) is 6.57. The van der Waals surface area contributed by atoms with Gasteiger partial charge >= 0.3 is 5.97 Å². The van der Waals surface area contributed by atoms with Gasteiger partial charge in [-0.25, -0.2) is 0 Å². The van der Waals surface area contributed by atoms with E-state index in [1.165, 1.54) is 19.3 Å². The summed E-state index contributed by atoms with van der Waals surface area (Å²) < 4.78 is 10.4. The predicted molar refractivity (Wildman–Crippen MR) is 109 cm³/mol. The van der Waals surface area contributed by atoms with E-state index in [1.807, 2.05) is 0 Å². The number of halogens is 1. The van der Waals surface area contributed by atoms with Gasteiger partial charge in [-0.2, -0.15) is 0 Å². The molecule has 5 rings (SSSR count). The van der Waals surface area contributed by atoms with Crippen LogP contribution in [-0.2, 0) is 19.1 Å². The Kier molecular flexibility index (Phi) is 6.18. The van der Waals surface area contributed by atoms with Crippen molar-refractivity contribution in [3.8, 4) is 5.75 Å². The van der Waals surface area contributed by atoms with Crippen molar-refractivity contribution in [2.45, 2.75) is 44.9 Å². The highest BCUT2D eigenvalue weighted by atomic mass is 35.5. The van der Waals surface area contributed by atoms with Crippen molar-refractivity contribution in [1.29, 1.82) is 0 Å². The van der Waals surface area contributed by atoms with Gasteiger partial charge < -0.3 is 9.47 Å². The maximum absolute atomic E-state index is 12.3. The molecular weight excluding hydrogens is 408 g/mol. The number of amides is 2. The minimum atomic E-state index is -0.589. The van der Waals surface area contributed by atoms with E-state index in [1.54, 1.807) is 24.3 Å². The van der Waals surface area contributed by atoms with Gasteiger partial charge in [0.1, 0.15) is 5.75 Å². The van der Waals surface area contributed by atoms with Crippen molar-refractivity contribution < 1.29 is 23.9 Å². The molecule has 162 valence electrons. The molecule has 4 aliphatic rings. The number of nitrogens with one attached hydrogen (secondary N) is 2. The van der Waals surface area contributed by atoms with Crippen LogP contribution in [0.25, 0.3) is 0 Å². The molecule has 0 unspecified atom stereocenters. The van der Waals surface area contributed by atoms with Crippen molar-refractivity contribution in [1.82, 2.24) is 10.9 Å². The van der Waals surface area contributed by atoms with Crippen LogP contribution in [0.2, 0.25) is 5.02 Å². The molecule has 4 saturated carbocycles. The molecule has 0 atom stereocenters. The Morgan fingerprint density at radius 1 is 0.900 bits per heavy atom. The van der Waals surface area contributed by atoms with Crippen molar-refractivity contribution >= 4 is 29.4 Å². The average Bonchev–Trinajstić information content (AvgIpc) is 2.69. The monoisotopic (exact) mass is 434 g/mol. The number of carbonyl (C=O) groups excluding carboxylic acids is 3. The van der Waals surface area contributed by atoms with Crippen molar-refractivity contribution in [3.05, 3.63) is 29.3 Å². The largest absolute Gasteiger partial charge is 0.484 e. The first-order valence-electron chi connectivity index (χ1n) is 10.5. The Hall–Kier alpha value is -2.28. The highest BCUT2D eigenvalue weighted by Gasteiger charge is 2.51. The molecule has 0 spiro atoms. The zero-order valence-corrected chi connectivity index (χ0v) is 17.6. The van der Waals surface area contributed by atoms with Gasteiger partial charge in [-0.1, -0.05) is 11.6 Å². The number of hydrogen-bond acceptors (Lipinski definition) is 5. The van der Waals surface area contributed by atoms with Crippen LogP contribution in [0.4, 0.5) is 0 Å². The van der Waals surface area contributed by atoms with Crippen LogP contribution in [0.15, 0.2) is 24.3 Å². The maximum atomic E-state index is 12.3. The Labute approximate surface area is 180 Å². The lowest BCUT2D eigenvalue weighted by atomic mass is 9.49. The number of rotatable bonds is 7. The number of carbonyl (C=O) groups is 3. The normalized spacial score (nSPS) is 28.6. The number of hydrazine groups is 1. The molecular formula is C22H27ClN2O5. The van der Waals surface area contributed by atoms with Gasteiger partial charge in [0.15, 0.2) is 13.2 Å². The van der Waals surface area contributed by atoms with Crippen LogP contribution in [0.5, 0.6) is 5.75 Å². The Morgan fingerprint density at radius 3 is 2.00 bits per heavy atom. The molecule has 30 heavy (non-hydrogen) atoms. The zero-order valence-electron chi connectivity index (χ0n) is 16.8. The van der Waals surface area contributed by atoms with Gasteiger partial charge in [0, 0.05) is 5.02 Å². The first-order chi connectivity index (χ1) is 14.4. The van der Waals surface area contributed by atoms with Gasteiger partial charge in [-0.3, -0.25) is 25.2 Å². The molecule has 2 N–H and O–H groups in total. The number of benzene rings is 1. The molecule has 0 radical (unpaired) electrons. The van der Waals surface area contributed by atoms with Gasteiger partial charge in [0.25, 0.3) is 11.8 Å². The van der Waals surface area contributed by atoms with E-state index in [-0.39, 0.29) is 18.0 Å². The summed E-state index contributed by atoms with van der Waals surface area (Å²) in [7, 11) is 0. The second-order valence-corrected chi connectivity index (χ2v) is 9.53. The fraction of sp³-hybridized carbons (Fsp3) is 0.591. The molecule has 4 fully saturated rings. The molecule has 1 aromatic rings. The molecule has 8 heteroatoms. The summed E-state index contributed by atoms with van der Waals surface area (Å²) in [5.41, 5.74) is 4.54. The predicted octanol–water partition coefficient (Wildman–Crippen LogP) is 3.02. The van der Waals surface area contributed by atoms with Crippen LogP contribution in [0.1, 0.15) is 44.9 Å². The molecule has 0 aliphatic heterocycles. The topological polar surface area (TPSA) is 93.7 Å². The SMILES string of the molecule is O=C(COC(=O)CC12CC3CC(CC(C3)C1)C2)NNC(=O)COc1ccc(Cl)cc1. The van der Waals surface area contributed by atoms with E-state index in [4.69, 9.17) is 21.1 Å². The Morgan fingerprint density at radius 2 is 1.43 bits per heavy atom. The first-order valence-corrected chi connectivity index (χ1v) is 10.9. The van der Waals surface area contributed by atoms with E-state index >= 15 is 0 Å². The smallest absolute Gasteiger partial charge is 0.306 e. The fourth-order valence-corrected chi connectivity index (χ4v) is 6.03. The summed E-state index contributed by atoms with van der Waals surface area (Å²) in [5.74, 6) is 1.32. The van der Waals surface area contributed by atoms with Crippen LogP contribution >= 0.6 is 11.6 Å². The quantitative estimate of drug-likeness (QED) is 0.508. The molecule has 0 aromatic heterocycles. The van der Waals surface area contributed by atoms with Gasteiger partial charge in [-0.15, -0.1) is 0 Å². The molecule has 4 aliphatic carbocycles. The van der Waals surface area contributed by atoms with Crippen LogP contribution in [0.3, 0.4) is 0 Å². The standard InChI is InChI=1S/C22H27ClN2O5/c23-17-1-3-18(4-2-17)29-12-19(26)24-25-20(27)13-30-21(28)11-22-8-14-5-15(9-22)7-16(6-14)10-22/h1-4,14-16H,5-13H2,(H,24,26)(H,25,27). The number of ether oxygens (including phenoxy) is 2. The van der Waals surface area contributed by atoms with E-state index in [0.717, 1.165) is 37.0 Å². The summed E-state index contributed by atoms with van der Waals surface area (Å²) in [5, 5.41) is 0.566. The lowest BCUT2D eigenvalue weighted by Crippen LogP contribution is -2.47. The molecule has 1 aromatic carbocycles. The average molecular weight is 435 g/mol. The zero-order chi connectivity index (χ0) is 21.1. The fourth-order valence-electron chi connectivity index (χ4n) is 5.90. The first kappa shape index (κ1) is 21.0. The highest BCUT2D eigenvalue weighted by Crippen LogP contribution is 2.61. The van der Waals surface area contributed by atoms with E-state index in [9.17, 15) is 14.4 Å². The Balaban J connectivity index is 1.13. The van der Waals surface area contributed by atoms with Gasteiger partial charge in [0.05, 0.1) is 6.42 Å². The third-order valence-corrected chi connectivity index (χ3v) is 6.83.